The summed E-state index contributed by atoms with van der Waals surface area (Å²) in [7, 11) is 0. The number of rotatable bonds is 6. The Morgan fingerprint density at radius 1 is 0.929 bits per heavy atom. The van der Waals surface area contributed by atoms with Crippen molar-refractivity contribution in [3.8, 4) is 11.5 Å². The molecule has 0 unspecified atom stereocenters. The normalized spacial score (nSPS) is 20.8. The molecular weight excluding hydrogens is 378 g/mol. The number of nitrogens with one attached hydrogen (secondary N) is 3. The van der Waals surface area contributed by atoms with Crippen molar-refractivity contribution >= 4 is 17.5 Å². The van der Waals surface area contributed by atoms with Gasteiger partial charge >= 0.3 is 0 Å². The van der Waals surface area contributed by atoms with E-state index in [4.69, 9.17) is 21.1 Å². The molecule has 148 valence electrons. The van der Waals surface area contributed by atoms with Crippen molar-refractivity contribution in [3.63, 3.8) is 0 Å². The standard InChI is InChI=1S/C21H24ClN3O3/c22-18-4-1-16(2-5-18)13-24-7-9-25(10-8-24)14-21(26)23-12-17-3-6-19-20(11-17)28-15-27-19/h1-6,11H,7-10,12-15H2,(H,23,26)/p+2. The minimum atomic E-state index is 0.0915. The molecule has 0 bridgehead atoms. The van der Waals surface area contributed by atoms with Crippen LogP contribution in [0.25, 0.3) is 0 Å². The molecule has 1 fully saturated rings. The molecular formula is C21H26ClN3O3+2. The van der Waals surface area contributed by atoms with E-state index in [2.05, 4.69) is 17.4 Å². The van der Waals surface area contributed by atoms with E-state index < -0.39 is 0 Å². The molecule has 0 radical (unpaired) electrons. The number of benzene rings is 2. The first-order valence-corrected chi connectivity index (χ1v) is 10.1. The second kappa shape index (κ2) is 8.82. The number of hydrogen-bond acceptors (Lipinski definition) is 3. The molecule has 0 aromatic heterocycles. The maximum atomic E-state index is 12.3. The number of quaternary nitrogens is 2. The minimum Gasteiger partial charge on any atom is -0.454 e. The number of hydrogen-bond donors (Lipinski definition) is 3. The molecule has 2 aliphatic rings. The van der Waals surface area contributed by atoms with E-state index in [-0.39, 0.29) is 12.7 Å². The minimum absolute atomic E-state index is 0.0915. The molecule has 6 nitrogen and oxygen atoms in total. The van der Waals surface area contributed by atoms with Gasteiger partial charge in [-0.25, -0.2) is 0 Å². The van der Waals surface area contributed by atoms with Crippen LogP contribution in [0.15, 0.2) is 42.5 Å². The quantitative estimate of drug-likeness (QED) is 0.619. The predicted octanol–water partition coefficient (Wildman–Crippen LogP) is -0.331. The van der Waals surface area contributed by atoms with Gasteiger partial charge in [0.05, 0.1) is 0 Å². The predicted molar refractivity (Wildman–Crippen MR) is 106 cm³/mol. The van der Waals surface area contributed by atoms with E-state index in [0.29, 0.717) is 13.1 Å². The fourth-order valence-corrected chi connectivity index (χ4v) is 3.87. The third-order valence-corrected chi connectivity index (χ3v) is 5.62. The van der Waals surface area contributed by atoms with Crippen LogP contribution < -0.4 is 24.6 Å². The zero-order valence-corrected chi connectivity index (χ0v) is 16.6. The summed E-state index contributed by atoms with van der Waals surface area (Å²) >= 11 is 5.95. The molecule has 28 heavy (non-hydrogen) atoms. The third kappa shape index (κ3) is 4.95. The Balaban J connectivity index is 1.18. The first kappa shape index (κ1) is 19.1. The molecule has 4 rings (SSSR count). The second-order valence-electron chi connectivity index (χ2n) is 7.44. The summed E-state index contributed by atoms with van der Waals surface area (Å²) in [4.78, 5) is 15.2. The average Bonchev–Trinajstić information content (AvgIpc) is 3.17. The van der Waals surface area contributed by atoms with Crippen LogP contribution in [0.1, 0.15) is 11.1 Å². The van der Waals surface area contributed by atoms with Crippen LogP contribution in [0, 0.1) is 0 Å². The third-order valence-electron chi connectivity index (χ3n) is 5.37. The number of carbonyl (C=O) groups excluding carboxylic acids is 1. The molecule has 2 aromatic carbocycles. The average molecular weight is 404 g/mol. The van der Waals surface area contributed by atoms with Crippen LogP contribution in [0.2, 0.25) is 5.02 Å². The molecule has 2 heterocycles. The maximum absolute atomic E-state index is 12.3. The zero-order valence-electron chi connectivity index (χ0n) is 15.8. The smallest absolute Gasteiger partial charge is 0.275 e. The van der Waals surface area contributed by atoms with E-state index in [9.17, 15) is 4.79 Å². The van der Waals surface area contributed by atoms with E-state index >= 15 is 0 Å². The summed E-state index contributed by atoms with van der Waals surface area (Å²) in [6.07, 6.45) is 0. The van der Waals surface area contributed by atoms with Crippen molar-refractivity contribution in [2.24, 2.45) is 0 Å². The van der Waals surface area contributed by atoms with Crippen molar-refractivity contribution in [2.45, 2.75) is 13.1 Å². The summed E-state index contributed by atoms with van der Waals surface area (Å²) in [5.41, 5.74) is 2.33. The highest BCUT2D eigenvalue weighted by Crippen LogP contribution is 2.32. The van der Waals surface area contributed by atoms with Crippen LogP contribution in [0.4, 0.5) is 0 Å². The second-order valence-corrected chi connectivity index (χ2v) is 7.88. The Bertz CT molecular complexity index is 820. The highest BCUT2D eigenvalue weighted by Gasteiger charge is 2.24. The lowest BCUT2D eigenvalue weighted by Crippen LogP contribution is -3.28. The van der Waals surface area contributed by atoms with Gasteiger partial charge in [0.25, 0.3) is 5.91 Å². The summed E-state index contributed by atoms with van der Waals surface area (Å²) in [6.45, 7) is 6.50. The Labute approximate surface area is 170 Å². The highest BCUT2D eigenvalue weighted by atomic mass is 35.5. The van der Waals surface area contributed by atoms with E-state index in [1.165, 1.54) is 10.5 Å². The van der Waals surface area contributed by atoms with Gasteiger partial charge in [0.1, 0.15) is 32.7 Å². The van der Waals surface area contributed by atoms with Crippen molar-refractivity contribution in [2.75, 3.05) is 39.5 Å². The van der Waals surface area contributed by atoms with Crippen molar-refractivity contribution < 1.29 is 24.1 Å². The highest BCUT2D eigenvalue weighted by molar-refractivity contribution is 6.30. The van der Waals surface area contributed by atoms with Crippen LogP contribution in [0.3, 0.4) is 0 Å². The number of ether oxygens (including phenoxy) is 2. The summed E-state index contributed by atoms with van der Waals surface area (Å²) in [5, 5.41) is 3.80. The number of halogens is 1. The molecule has 0 aliphatic carbocycles. The van der Waals surface area contributed by atoms with Gasteiger partial charge in [-0.2, -0.15) is 0 Å². The Hall–Kier alpha value is -2.28. The fraction of sp³-hybridized carbons (Fsp3) is 0.381. The van der Waals surface area contributed by atoms with E-state index in [1.54, 1.807) is 4.90 Å². The van der Waals surface area contributed by atoms with Crippen LogP contribution in [0.5, 0.6) is 11.5 Å². The number of carbonyl (C=O) groups is 1. The van der Waals surface area contributed by atoms with Gasteiger partial charge in [0.15, 0.2) is 18.0 Å². The van der Waals surface area contributed by atoms with Gasteiger partial charge < -0.3 is 24.6 Å². The largest absolute Gasteiger partial charge is 0.454 e. The monoisotopic (exact) mass is 403 g/mol. The summed E-state index contributed by atoms with van der Waals surface area (Å²) < 4.78 is 10.7. The lowest BCUT2D eigenvalue weighted by Gasteiger charge is -2.29. The summed E-state index contributed by atoms with van der Waals surface area (Å²) in [5.74, 6) is 1.60. The lowest BCUT2D eigenvalue weighted by molar-refractivity contribution is -1.02. The molecule has 1 amide bonds. The van der Waals surface area contributed by atoms with Gasteiger partial charge in [0.2, 0.25) is 6.79 Å². The van der Waals surface area contributed by atoms with Crippen LogP contribution >= 0.6 is 11.6 Å². The van der Waals surface area contributed by atoms with E-state index in [0.717, 1.165) is 54.8 Å². The van der Waals surface area contributed by atoms with E-state index in [1.807, 2.05) is 30.3 Å². The SMILES string of the molecule is O=C(C[NH+]1CC[NH+](Cc2ccc(Cl)cc2)CC1)NCc1ccc2c(c1)OCO2. The molecule has 0 saturated carbocycles. The van der Waals surface area contributed by atoms with Crippen molar-refractivity contribution in [3.05, 3.63) is 58.6 Å². The van der Waals surface area contributed by atoms with Gasteiger partial charge in [-0.3, -0.25) is 4.79 Å². The van der Waals surface area contributed by atoms with Gasteiger partial charge in [0, 0.05) is 17.1 Å². The first-order valence-electron chi connectivity index (χ1n) is 9.72. The fourth-order valence-electron chi connectivity index (χ4n) is 3.74. The first-order chi connectivity index (χ1) is 13.7. The number of fused-ring (bicyclic) bond motifs is 1. The number of amides is 1. The van der Waals surface area contributed by atoms with Crippen molar-refractivity contribution in [1.29, 1.82) is 0 Å². The van der Waals surface area contributed by atoms with Crippen LogP contribution in [-0.4, -0.2) is 45.4 Å². The van der Waals surface area contributed by atoms with Gasteiger partial charge in [-0.05, 0) is 29.8 Å². The van der Waals surface area contributed by atoms with Gasteiger partial charge in [-0.1, -0.05) is 29.8 Å². The molecule has 2 aliphatic heterocycles. The number of piperazine rings is 1. The van der Waals surface area contributed by atoms with Gasteiger partial charge in [-0.15, -0.1) is 0 Å². The molecule has 2 aromatic rings. The maximum Gasteiger partial charge on any atom is 0.275 e. The molecule has 3 N–H and O–H groups in total. The lowest BCUT2D eigenvalue weighted by atomic mass is 10.2. The topological polar surface area (TPSA) is 56.4 Å². The molecule has 0 atom stereocenters. The molecule has 1 saturated heterocycles. The molecule has 0 spiro atoms. The van der Waals surface area contributed by atoms with Crippen LogP contribution in [-0.2, 0) is 17.9 Å². The summed E-state index contributed by atoms with van der Waals surface area (Å²) in [6, 6.07) is 13.9. The zero-order chi connectivity index (χ0) is 19.3. The Kier molecular flexibility index (Phi) is 6.00. The Morgan fingerprint density at radius 3 is 2.39 bits per heavy atom. The van der Waals surface area contributed by atoms with Crippen molar-refractivity contribution in [1.82, 2.24) is 5.32 Å². The Morgan fingerprint density at radius 2 is 1.61 bits per heavy atom. The molecule has 7 heteroatoms.